The van der Waals surface area contributed by atoms with Gasteiger partial charge in [0.2, 0.25) is 0 Å². The summed E-state index contributed by atoms with van der Waals surface area (Å²) in [5.41, 5.74) is 1.26. The first-order valence-corrected chi connectivity index (χ1v) is 6.71. The Balaban J connectivity index is 1.86. The largest absolute Gasteiger partial charge is 0.392 e. The second-order valence-electron chi connectivity index (χ2n) is 4.47. The first kappa shape index (κ1) is 12.1. The zero-order valence-corrected chi connectivity index (χ0v) is 10.9. The Kier molecular flexibility index (Phi) is 4.38. The average molecular weight is 284 g/mol. The van der Waals surface area contributed by atoms with Crippen LogP contribution >= 0.6 is 15.9 Å². The van der Waals surface area contributed by atoms with Crippen molar-refractivity contribution in [1.82, 2.24) is 5.32 Å². The molecule has 0 aliphatic heterocycles. The van der Waals surface area contributed by atoms with Crippen molar-refractivity contribution in [2.75, 3.05) is 0 Å². The minimum Gasteiger partial charge on any atom is -0.392 e. The highest BCUT2D eigenvalue weighted by Crippen LogP contribution is 2.19. The van der Waals surface area contributed by atoms with Crippen LogP contribution in [0.2, 0.25) is 0 Å². The zero-order valence-electron chi connectivity index (χ0n) is 9.32. The van der Waals surface area contributed by atoms with E-state index in [1.54, 1.807) is 0 Å². The number of hydrogen-bond acceptors (Lipinski definition) is 2. The van der Waals surface area contributed by atoms with E-state index in [2.05, 4.69) is 33.4 Å². The Bertz CT molecular complexity index is 342. The number of halogens is 1. The van der Waals surface area contributed by atoms with Crippen LogP contribution in [0.1, 0.15) is 31.2 Å². The standard InChI is InChI=1S/C13H18BrNO/c14-11-5-3-4-10(8-11)9-15-12-6-1-2-7-13(12)16/h3-5,8,12-13,15-16H,1-2,6-7,9H2/t12-,13-/m0/s1. The number of nitrogens with one attached hydrogen (secondary N) is 1. The molecule has 1 aliphatic carbocycles. The summed E-state index contributed by atoms with van der Waals surface area (Å²) in [6.07, 6.45) is 4.26. The van der Waals surface area contributed by atoms with E-state index in [4.69, 9.17) is 0 Å². The summed E-state index contributed by atoms with van der Waals surface area (Å²) >= 11 is 3.46. The van der Waals surface area contributed by atoms with Gasteiger partial charge in [-0.05, 0) is 30.5 Å². The van der Waals surface area contributed by atoms with Crippen LogP contribution in [0.15, 0.2) is 28.7 Å². The summed E-state index contributed by atoms with van der Waals surface area (Å²) in [5.74, 6) is 0. The van der Waals surface area contributed by atoms with E-state index in [0.717, 1.165) is 30.3 Å². The van der Waals surface area contributed by atoms with Gasteiger partial charge in [-0.25, -0.2) is 0 Å². The molecule has 2 N–H and O–H groups in total. The van der Waals surface area contributed by atoms with Crippen LogP contribution < -0.4 is 5.32 Å². The fourth-order valence-electron chi connectivity index (χ4n) is 2.25. The van der Waals surface area contributed by atoms with E-state index in [9.17, 15) is 5.11 Å². The Labute approximate surface area is 105 Å². The van der Waals surface area contributed by atoms with Crippen molar-refractivity contribution in [3.63, 3.8) is 0 Å². The molecule has 88 valence electrons. The summed E-state index contributed by atoms with van der Waals surface area (Å²) in [6, 6.07) is 8.56. The summed E-state index contributed by atoms with van der Waals surface area (Å²) in [6.45, 7) is 0.834. The van der Waals surface area contributed by atoms with Crippen molar-refractivity contribution >= 4 is 15.9 Å². The van der Waals surface area contributed by atoms with Gasteiger partial charge in [0.1, 0.15) is 0 Å². The minimum atomic E-state index is -0.166. The van der Waals surface area contributed by atoms with Gasteiger partial charge < -0.3 is 10.4 Å². The van der Waals surface area contributed by atoms with Gasteiger partial charge >= 0.3 is 0 Å². The maximum Gasteiger partial charge on any atom is 0.0693 e. The molecule has 1 aromatic rings. The van der Waals surface area contributed by atoms with Crippen LogP contribution in [-0.4, -0.2) is 17.3 Å². The highest BCUT2D eigenvalue weighted by Gasteiger charge is 2.21. The van der Waals surface area contributed by atoms with Crippen LogP contribution in [-0.2, 0) is 6.54 Å². The Morgan fingerprint density at radius 2 is 2.12 bits per heavy atom. The van der Waals surface area contributed by atoms with E-state index >= 15 is 0 Å². The van der Waals surface area contributed by atoms with E-state index in [1.165, 1.54) is 12.0 Å². The van der Waals surface area contributed by atoms with E-state index in [0.29, 0.717) is 0 Å². The quantitative estimate of drug-likeness (QED) is 0.894. The SMILES string of the molecule is O[C@H]1CCCC[C@@H]1NCc1cccc(Br)c1. The number of hydrogen-bond donors (Lipinski definition) is 2. The third kappa shape index (κ3) is 3.30. The molecule has 0 amide bonds. The molecule has 1 fully saturated rings. The molecular formula is C13H18BrNO. The zero-order chi connectivity index (χ0) is 11.4. The fourth-order valence-corrected chi connectivity index (χ4v) is 2.69. The van der Waals surface area contributed by atoms with E-state index in [-0.39, 0.29) is 12.1 Å². The Morgan fingerprint density at radius 1 is 1.31 bits per heavy atom. The molecule has 2 nitrogen and oxygen atoms in total. The molecule has 0 spiro atoms. The van der Waals surface area contributed by atoms with Gasteiger partial charge in [0.15, 0.2) is 0 Å². The Hall–Kier alpha value is -0.380. The van der Waals surface area contributed by atoms with Gasteiger partial charge in [-0.1, -0.05) is 40.9 Å². The molecule has 1 saturated carbocycles. The summed E-state index contributed by atoms with van der Waals surface area (Å²) in [4.78, 5) is 0. The molecule has 0 radical (unpaired) electrons. The van der Waals surface area contributed by atoms with Crippen molar-refractivity contribution in [1.29, 1.82) is 0 Å². The van der Waals surface area contributed by atoms with E-state index in [1.807, 2.05) is 12.1 Å². The second kappa shape index (κ2) is 5.80. The number of aliphatic hydroxyl groups excluding tert-OH is 1. The van der Waals surface area contributed by atoms with Crippen LogP contribution in [0.3, 0.4) is 0 Å². The van der Waals surface area contributed by atoms with E-state index < -0.39 is 0 Å². The van der Waals surface area contributed by atoms with Crippen molar-refractivity contribution < 1.29 is 5.11 Å². The van der Waals surface area contributed by atoms with Crippen molar-refractivity contribution in [3.05, 3.63) is 34.3 Å². The topological polar surface area (TPSA) is 32.3 Å². The highest BCUT2D eigenvalue weighted by molar-refractivity contribution is 9.10. The molecule has 0 aromatic heterocycles. The van der Waals surface area contributed by atoms with Crippen LogP contribution in [0.25, 0.3) is 0 Å². The lowest BCUT2D eigenvalue weighted by Gasteiger charge is -2.28. The molecule has 2 rings (SSSR count). The van der Waals surface area contributed by atoms with Crippen molar-refractivity contribution in [2.24, 2.45) is 0 Å². The van der Waals surface area contributed by atoms with Crippen molar-refractivity contribution in [3.8, 4) is 0 Å². The van der Waals surface area contributed by atoms with Crippen LogP contribution in [0.4, 0.5) is 0 Å². The molecule has 0 saturated heterocycles. The lowest BCUT2D eigenvalue weighted by atomic mass is 9.92. The molecule has 1 aromatic carbocycles. The minimum absolute atomic E-state index is 0.166. The monoisotopic (exact) mass is 283 g/mol. The fraction of sp³-hybridized carbons (Fsp3) is 0.538. The summed E-state index contributed by atoms with van der Waals surface area (Å²) in [5, 5.41) is 13.3. The normalized spacial score (nSPS) is 25.6. The third-order valence-corrected chi connectivity index (χ3v) is 3.68. The predicted molar refractivity (Wildman–Crippen MR) is 69.2 cm³/mol. The van der Waals surface area contributed by atoms with Gasteiger partial charge in [-0.2, -0.15) is 0 Å². The molecule has 16 heavy (non-hydrogen) atoms. The summed E-state index contributed by atoms with van der Waals surface area (Å²) in [7, 11) is 0. The van der Waals surface area contributed by atoms with Gasteiger partial charge in [0.05, 0.1) is 6.10 Å². The molecule has 2 atom stereocenters. The van der Waals surface area contributed by atoms with Crippen LogP contribution in [0, 0.1) is 0 Å². The lowest BCUT2D eigenvalue weighted by Crippen LogP contribution is -2.41. The molecule has 3 heteroatoms. The van der Waals surface area contributed by atoms with Gasteiger partial charge in [0.25, 0.3) is 0 Å². The van der Waals surface area contributed by atoms with Crippen LogP contribution in [0.5, 0.6) is 0 Å². The first-order valence-electron chi connectivity index (χ1n) is 5.91. The van der Waals surface area contributed by atoms with Gasteiger partial charge in [-0.3, -0.25) is 0 Å². The number of rotatable bonds is 3. The average Bonchev–Trinajstić information content (AvgIpc) is 2.28. The summed E-state index contributed by atoms with van der Waals surface area (Å²) < 4.78 is 1.11. The number of aliphatic hydroxyl groups is 1. The van der Waals surface area contributed by atoms with Crippen molar-refractivity contribution in [2.45, 2.75) is 44.4 Å². The smallest absolute Gasteiger partial charge is 0.0693 e. The third-order valence-electron chi connectivity index (χ3n) is 3.19. The molecule has 0 heterocycles. The molecule has 0 unspecified atom stereocenters. The predicted octanol–water partition coefficient (Wildman–Crippen LogP) is 2.84. The number of benzene rings is 1. The van der Waals surface area contributed by atoms with Gasteiger partial charge in [0, 0.05) is 17.1 Å². The maximum atomic E-state index is 9.83. The highest BCUT2D eigenvalue weighted by atomic mass is 79.9. The maximum absolute atomic E-state index is 9.83. The molecule has 0 bridgehead atoms. The molecular weight excluding hydrogens is 266 g/mol. The Morgan fingerprint density at radius 3 is 2.88 bits per heavy atom. The second-order valence-corrected chi connectivity index (χ2v) is 5.38. The first-order chi connectivity index (χ1) is 7.75. The molecule has 1 aliphatic rings. The lowest BCUT2D eigenvalue weighted by molar-refractivity contribution is 0.0902. The van der Waals surface area contributed by atoms with Gasteiger partial charge in [-0.15, -0.1) is 0 Å².